The fourth-order valence-corrected chi connectivity index (χ4v) is 2.47. The summed E-state index contributed by atoms with van der Waals surface area (Å²) in [6.45, 7) is 0. The molecule has 1 amide bonds. The van der Waals surface area contributed by atoms with Crippen LogP contribution in [0.1, 0.15) is 42.5 Å². The van der Waals surface area contributed by atoms with Gasteiger partial charge < -0.3 is 15.8 Å². The molecule has 1 fully saturated rings. The fraction of sp³-hybridized carbons (Fsp3) is 0.500. The summed E-state index contributed by atoms with van der Waals surface area (Å²) >= 11 is 0. The maximum Gasteiger partial charge on any atom is 0.257 e. The van der Waals surface area contributed by atoms with Crippen LogP contribution in [0.15, 0.2) is 18.2 Å². The molecule has 18 heavy (non-hydrogen) atoms. The standard InChI is InChI=1S/C14H20N2O2/c1-18-12-9-5-8-11(15)13(12)14(17)16-10-6-3-2-4-7-10/h5,8-10H,2-4,6-7,15H2,1H3,(H,16,17). The molecule has 0 atom stereocenters. The van der Waals surface area contributed by atoms with E-state index >= 15 is 0 Å². The van der Waals surface area contributed by atoms with Crippen molar-refractivity contribution in [2.45, 2.75) is 38.1 Å². The minimum absolute atomic E-state index is 0.128. The van der Waals surface area contributed by atoms with Crippen LogP contribution in [0.4, 0.5) is 5.69 Å². The van der Waals surface area contributed by atoms with E-state index in [0.717, 1.165) is 12.8 Å². The number of nitrogens with one attached hydrogen (secondary N) is 1. The molecule has 0 radical (unpaired) electrons. The lowest BCUT2D eigenvalue weighted by Gasteiger charge is -2.23. The second kappa shape index (κ2) is 5.76. The quantitative estimate of drug-likeness (QED) is 0.807. The average molecular weight is 248 g/mol. The first-order valence-corrected chi connectivity index (χ1v) is 6.45. The van der Waals surface area contributed by atoms with Gasteiger partial charge >= 0.3 is 0 Å². The molecule has 0 saturated heterocycles. The van der Waals surface area contributed by atoms with Gasteiger partial charge in [0.2, 0.25) is 0 Å². The van der Waals surface area contributed by atoms with Crippen molar-refractivity contribution in [3.05, 3.63) is 23.8 Å². The lowest BCUT2D eigenvalue weighted by atomic mass is 9.95. The molecule has 2 rings (SSSR count). The molecule has 0 unspecified atom stereocenters. The maximum absolute atomic E-state index is 12.2. The van der Waals surface area contributed by atoms with Crippen LogP contribution in [-0.4, -0.2) is 19.1 Å². The Morgan fingerprint density at radius 3 is 2.72 bits per heavy atom. The van der Waals surface area contributed by atoms with Gasteiger partial charge in [0.05, 0.1) is 7.11 Å². The van der Waals surface area contributed by atoms with Crippen molar-refractivity contribution in [1.29, 1.82) is 0 Å². The monoisotopic (exact) mass is 248 g/mol. The summed E-state index contributed by atoms with van der Waals surface area (Å²) < 4.78 is 5.20. The Labute approximate surface area is 108 Å². The third-order valence-corrected chi connectivity index (χ3v) is 3.45. The van der Waals surface area contributed by atoms with E-state index in [1.807, 2.05) is 0 Å². The summed E-state index contributed by atoms with van der Waals surface area (Å²) in [6.07, 6.45) is 5.75. The molecule has 3 N–H and O–H groups in total. The summed E-state index contributed by atoms with van der Waals surface area (Å²) in [5.74, 6) is 0.403. The summed E-state index contributed by atoms with van der Waals surface area (Å²) in [5.41, 5.74) is 6.77. The smallest absolute Gasteiger partial charge is 0.257 e. The minimum atomic E-state index is -0.128. The van der Waals surface area contributed by atoms with E-state index in [9.17, 15) is 4.79 Å². The van der Waals surface area contributed by atoms with Gasteiger partial charge in [0.15, 0.2) is 0 Å². The maximum atomic E-state index is 12.2. The highest BCUT2D eigenvalue weighted by Gasteiger charge is 2.20. The summed E-state index contributed by atoms with van der Waals surface area (Å²) in [7, 11) is 1.55. The van der Waals surface area contributed by atoms with Crippen LogP contribution in [0.3, 0.4) is 0 Å². The summed E-state index contributed by atoms with van der Waals surface area (Å²) in [4.78, 5) is 12.2. The molecule has 1 saturated carbocycles. The Bertz CT molecular complexity index is 426. The highest BCUT2D eigenvalue weighted by atomic mass is 16.5. The van der Waals surface area contributed by atoms with Crippen molar-refractivity contribution in [2.24, 2.45) is 0 Å². The molecule has 0 heterocycles. The number of amides is 1. The first-order chi connectivity index (χ1) is 8.72. The Kier molecular flexibility index (Phi) is 4.07. The van der Waals surface area contributed by atoms with Crippen LogP contribution >= 0.6 is 0 Å². The number of nitrogen functional groups attached to an aromatic ring is 1. The molecule has 0 bridgehead atoms. The number of carbonyl (C=O) groups is 1. The van der Waals surface area contributed by atoms with Crippen molar-refractivity contribution in [1.82, 2.24) is 5.32 Å². The van der Waals surface area contributed by atoms with Crippen LogP contribution in [0.2, 0.25) is 0 Å². The summed E-state index contributed by atoms with van der Waals surface area (Å²) in [6, 6.07) is 5.53. The summed E-state index contributed by atoms with van der Waals surface area (Å²) in [5, 5.41) is 3.05. The number of nitrogens with two attached hydrogens (primary N) is 1. The topological polar surface area (TPSA) is 64.3 Å². The van der Waals surface area contributed by atoms with E-state index in [4.69, 9.17) is 10.5 Å². The largest absolute Gasteiger partial charge is 0.496 e. The van der Waals surface area contributed by atoms with Gasteiger partial charge in [-0.15, -0.1) is 0 Å². The molecular formula is C14H20N2O2. The van der Waals surface area contributed by atoms with Gasteiger partial charge in [-0.05, 0) is 25.0 Å². The zero-order valence-corrected chi connectivity index (χ0v) is 10.7. The SMILES string of the molecule is COc1cccc(N)c1C(=O)NC1CCCCC1. The molecule has 4 nitrogen and oxygen atoms in total. The van der Waals surface area contributed by atoms with Crippen molar-refractivity contribution >= 4 is 11.6 Å². The van der Waals surface area contributed by atoms with E-state index < -0.39 is 0 Å². The van der Waals surface area contributed by atoms with E-state index in [1.165, 1.54) is 19.3 Å². The van der Waals surface area contributed by atoms with Crippen molar-refractivity contribution < 1.29 is 9.53 Å². The van der Waals surface area contributed by atoms with Crippen molar-refractivity contribution in [3.63, 3.8) is 0 Å². The molecule has 1 aromatic rings. The molecule has 1 aliphatic rings. The molecule has 0 aliphatic heterocycles. The van der Waals surface area contributed by atoms with Gasteiger partial charge in [-0.25, -0.2) is 0 Å². The fourth-order valence-electron chi connectivity index (χ4n) is 2.47. The number of rotatable bonds is 3. The normalized spacial score (nSPS) is 16.3. The first-order valence-electron chi connectivity index (χ1n) is 6.45. The lowest BCUT2D eigenvalue weighted by Crippen LogP contribution is -2.36. The van der Waals surface area contributed by atoms with E-state index in [1.54, 1.807) is 25.3 Å². The molecule has 4 heteroatoms. The molecule has 1 aliphatic carbocycles. The Morgan fingerprint density at radius 1 is 1.33 bits per heavy atom. The Morgan fingerprint density at radius 2 is 2.06 bits per heavy atom. The third-order valence-electron chi connectivity index (χ3n) is 3.45. The van der Waals surface area contributed by atoms with Crippen molar-refractivity contribution in [2.75, 3.05) is 12.8 Å². The van der Waals surface area contributed by atoms with Gasteiger partial charge in [-0.3, -0.25) is 4.79 Å². The Balaban J connectivity index is 2.12. The van der Waals surface area contributed by atoms with E-state index in [0.29, 0.717) is 17.0 Å². The first kappa shape index (κ1) is 12.7. The number of ether oxygens (including phenoxy) is 1. The highest BCUT2D eigenvalue weighted by Crippen LogP contribution is 2.25. The van der Waals surface area contributed by atoms with Crippen LogP contribution in [0, 0.1) is 0 Å². The molecule has 98 valence electrons. The van der Waals surface area contributed by atoms with Gasteiger partial charge in [0.1, 0.15) is 11.3 Å². The van der Waals surface area contributed by atoms with Gasteiger partial charge in [-0.1, -0.05) is 25.3 Å². The molecule has 0 aromatic heterocycles. The van der Waals surface area contributed by atoms with Crippen LogP contribution in [-0.2, 0) is 0 Å². The van der Waals surface area contributed by atoms with Gasteiger partial charge in [-0.2, -0.15) is 0 Å². The number of methoxy groups -OCH3 is 1. The third kappa shape index (κ3) is 2.75. The molecule has 0 spiro atoms. The number of carbonyl (C=O) groups excluding carboxylic acids is 1. The molecule has 1 aromatic carbocycles. The van der Waals surface area contributed by atoms with E-state index in [-0.39, 0.29) is 11.9 Å². The Hall–Kier alpha value is -1.71. The minimum Gasteiger partial charge on any atom is -0.496 e. The zero-order valence-electron chi connectivity index (χ0n) is 10.7. The van der Waals surface area contributed by atoms with Crippen LogP contribution < -0.4 is 15.8 Å². The average Bonchev–Trinajstić information content (AvgIpc) is 2.39. The number of hydrogen-bond donors (Lipinski definition) is 2. The highest BCUT2D eigenvalue weighted by molar-refractivity contribution is 6.02. The number of benzene rings is 1. The predicted octanol–water partition coefficient (Wildman–Crippen LogP) is 2.34. The number of hydrogen-bond acceptors (Lipinski definition) is 3. The van der Waals surface area contributed by atoms with Crippen LogP contribution in [0.5, 0.6) is 5.75 Å². The predicted molar refractivity (Wildman–Crippen MR) is 71.7 cm³/mol. The van der Waals surface area contributed by atoms with Gasteiger partial charge in [0, 0.05) is 11.7 Å². The lowest BCUT2D eigenvalue weighted by molar-refractivity contribution is 0.0925. The van der Waals surface area contributed by atoms with Crippen molar-refractivity contribution in [3.8, 4) is 5.75 Å². The van der Waals surface area contributed by atoms with E-state index in [2.05, 4.69) is 5.32 Å². The number of anilines is 1. The molecular weight excluding hydrogens is 228 g/mol. The van der Waals surface area contributed by atoms with Gasteiger partial charge in [0.25, 0.3) is 5.91 Å². The van der Waals surface area contributed by atoms with Crippen LogP contribution in [0.25, 0.3) is 0 Å². The second-order valence-electron chi connectivity index (χ2n) is 4.73. The zero-order chi connectivity index (χ0) is 13.0. The second-order valence-corrected chi connectivity index (χ2v) is 4.73.